The number of aromatic nitrogens is 2. The average molecular weight is 579 g/mol. The van der Waals surface area contributed by atoms with Crippen molar-refractivity contribution >= 4 is 78.2 Å². The number of nitrogen functional groups attached to an aromatic ring is 1. The molecule has 3 aromatic heterocycles. The number of allylic oxidation sites excluding steroid dienone is 4. The second-order valence-corrected chi connectivity index (χ2v) is 11.0. The predicted molar refractivity (Wildman–Crippen MR) is 155 cm³/mol. The van der Waals surface area contributed by atoms with E-state index in [1.165, 1.54) is 29.9 Å². The lowest BCUT2D eigenvalue weighted by Gasteiger charge is -2.15. The minimum absolute atomic E-state index is 0.0711. The molecule has 6 rings (SSSR count). The first-order chi connectivity index (χ1) is 19.2. The molecule has 1 aliphatic rings. The van der Waals surface area contributed by atoms with E-state index in [0.29, 0.717) is 45.0 Å². The third-order valence-corrected chi connectivity index (χ3v) is 8.12. The molecular weight excluding hydrogens is 555 g/mol. The van der Waals surface area contributed by atoms with Crippen LogP contribution >= 0.6 is 23.1 Å². The van der Waals surface area contributed by atoms with Gasteiger partial charge in [-0.05, 0) is 55.5 Å². The van der Waals surface area contributed by atoms with Gasteiger partial charge in [0.2, 0.25) is 0 Å². The molecule has 1 aliphatic carbocycles. The van der Waals surface area contributed by atoms with Crippen molar-refractivity contribution in [1.29, 1.82) is 0 Å². The fraction of sp³-hybridized carbons (Fsp3) is 0.207. The maximum Gasteiger partial charge on any atom is 0.355 e. The minimum atomic E-state index is -0.648. The Balaban J connectivity index is 1.65. The van der Waals surface area contributed by atoms with Crippen LogP contribution in [0.2, 0.25) is 5.02 Å². The molecule has 0 radical (unpaired) electrons. The van der Waals surface area contributed by atoms with Gasteiger partial charge in [0.25, 0.3) is 0 Å². The number of nitrogens with two attached hydrogens (primary N) is 1. The molecule has 0 fully saturated rings. The van der Waals surface area contributed by atoms with Crippen LogP contribution in [-0.4, -0.2) is 52.8 Å². The number of anilines is 1. The quantitative estimate of drug-likeness (QED) is 0.234. The summed E-state index contributed by atoms with van der Waals surface area (Å²) in [6.45, 7) is 0.686. The third kappa shape index (κ3) is 4.38. The van der Waals surface area contributed by atoms with Gasteiger partial charge in [0, 0.05) is 41.1 Å². The maximum atomic E-state index is 15.4. The summed E-state index contributed by atoms with van der Waals surface area (Å²) in [5.41, 5.74) is 8.09. The van der Waals surface area contributed by atoms with Gasteiger partial charge in [-0.15, -0.1) is 0 Å². The summed E-state index contributed by atoms with van der Waals surface area (Å²) in [5.74, 6) is -0.979. The first kappa shape index (κ1) is 26.2. The topological polar surface area (TPSA) is 104 Å². The summed E-state index contributed by atoms with van der Waals surface area (Å²) in [6.07, 6.45) is 6.73. The van der Waals surface area contributed by atoms with Crippen molar-refractivity contribution in [2.45, 2.75) is 13.0 Å². The van der Waals surface area contributed by atoms with E-state index >= 15 is 4.39 Å². The molecule has 0 spiro atoms. The monoisotopic (exact) mass is 578 g/mol. The second kappa shape index (κ2) is 10.2. The van der Waals surface area contributed by atoms with Crippen molar-refractivity contribution in [3.8, 4) is 0 Å². The smallest absolute Gasteiger partial charge is 0.355 e. The molecule has 2 N–H and O–H groups in total. The highest BCUT2D eigenvalue weighted by Crippen LogP contribution is 2.41. The molecule has 0 bridgehead atoms. The van der Waals surface area contributed by atoms with Gasteiger partial charge in [-0.3, -0.25) is 4.79 Å². The number of fused-ring (bicyclic) bond motifs is 4. The zero-order valence-corrected chi connectivity index (χ0v) is 23.2. The van der Waals surface area contributed by atoms with Gasteiger partial charge < -0.3 is 24.4 Å². The summed E-state index contributed by atoms with van der Waals surface area (Å²) in [4.78, 5) is 28.9. The minimum Gasteiger partial charge on any atom is -0.463 e. The summed E-state index contributed by atoms with van der Waals surface area (Å²) in [7, 11) is 3.74. The normalized spacial score (nSPS) is 13.7. The highest BCUT2D eigenvalue weighted by molar-refractivity contribution is 7.13. The number of nitrogens with zero attached hydrogens (tertiary/aromatic N) is 3. The zero-order chi connectivity index (χ0) is 28.1. The number of ether oxygens (including phenoxy) is 1. The second-order valence-electron chi connectivity index (χ2n) is 9.81. The Morgan fingerprint density at radius 1 is 1.30 bits per heavy atom. The molecule has 0 unspecified atom stereocenters. The van der Waals surface area contributed by atoms with E-state index in [1.807, 2.05) is 25.1 Å². The summed E-state index contributed by atoms with van der Waals surface area (Å²) >= 11 is 7.92. The SMILES string of the molecule is CN(C)CCOC(=O)c1c(C2=CC=CCC2=O)c2c3occc3c(F)cc2n1Cc1cc2c(N)nsc2cc1Cl. The number of Topliss-reactive ketones (excluding diaryl/α,β-unsaturated/α-hetero) is 1. The van der Waals surface area contributed by atoms with Crippen LogP contribution in [0.1, 0.15) is 28.0 Å². The van der Waals surface area contributed by atoms with Gasteiger partial charge in [0.15, 0.2) is 5.78 Å². The van der Waals surface area contributed by atoms with Gasteiger partial charge >= 0.3 is 5.97 Å². The van der Waals surface area contributed by atoms with E-state index in [4.69, 9.17) is 26.5 Å². The largest absolute Gasteiger partial charge is 0.463 e. The number of benzene rings is 2. The lowest BCUT2D eigenvalue weighted by atomic mass is 9.93. The van der Waals surface area contributed by atoms with E-state index < -0.39 is 11.8 Å². The van der Waals surface area contributed by atoms with E-state index in [0.717, 1.165) is 10.1 Å². The van der Waals surface area contributed by atoms with Crippen molar-refractivity contribution in [2.24, 2.45) is 0 Å². The summed E-state index contributed by atoms with van der Waals surface area (Å²) in [5, 5.41) is 1.85. The van der Waals surface area contributed by atoms with Gasteiger partial charge in [-0.25, -0.2) is 9.18 Å². The number of rotatable bonds is 7. The molecule has 11 heteroatoms. The van der Waals surface area contributed by atoms with Gasteiger partial charge in [0.05, 0.1) is 27.3 Å². The number of esters is 1. The van der Waals surface area contributed by atoms with Crippen LogP contribution in [0.3, 0.4) is 0 Å². The Bertz CT molecular complexity index is 1900. The molecule has 2 aromatic carbocycles. The number of halogens is 2. The Morgan fingerprint density at radius 2 is 2.12 bits per heavy atom. The van der Waals surface area contributed by atoms with Gasteiger partial charge in [-0.1, -0.05) is 29.8 Å². The van der Waals surface area contributed by atoms with E-state index in [9.17, 15) is 9.59 Å². The first-order valence-corrected chi connectivity index (χ1v) is 13.7. The lowest BCUT2D eigenvalue weighted by Crippen LogP contribution is -2.22. The van der Waals surface area contributed by atoms with Crippen LogP contribution in [0.25, 0.3) is 37.5 Å². The molecule has 5 aromatic rings. The molecule has 40 heavy (non-hydrogen) atoms. The van der Waals surface area contributed by atoms with Crippen LogP contribution in [0.4, 0.5) is 10.2 Å². The predicted octanol–water partition coefficient (Wildman–Crippen LogP) is 6.05. The number of ketones is 1. The van der Waals surface area contributed by atoms with Crippen molar-refractivity contribution < 1.29 is 23.1 Å². The Labute approximate surface area is 237 Å². The molecule has 3 heterocycles. The average Bonchev–Trinajstić information content (AvgIpc) is 3.61. The molecule has 204 valence electrons. The van der Waals surface area contributed by atoms with Crippen LogP contribution < -0.4 is 5.73 Å². The fourth-order valence-electron chi connectivity index (χ4n) is 5.01. The Kier molecular flexibility index (Phi) is 6.69. The van der Waals surface area contributed by atoms with E-state index in [2.05, 4.69) is 4.37 Å². The van der Waals surface area contributed by atoms with Crippen LogP contribution in [-0.2, 0) is 16.1 Å². The molecule has 0 aliphatic heterocycles. The number of carbonyl (C=O) groups excluding carboxylic acids is 2. The standard InChI is InChI=1S/C29H24ClFN4O4S/c1-34(2)8-10-39-29(37)26-24(17-5-3-4-6-22(17)36)25-21(13-20(31)16-7-9-38-27(16)25)35(26)14-15-11-18-23(12-19(15)30)40-33-28(18)32/h3-5,7,9,11-13H,6,8,10,14H2,1-2H3,(H2,32,33). The van der Waals surface area contributed by atoms with Crippen molar-refractivity contribution in [2.75, 3.05) is 33.0 Å². The number of likely N-dealkylation sites (N-methyl/N-ethyl adjacent to an activating group) is 1. The highest BCUT2D eigenvalue weighted by atomic mass is 35.5. The first-order valence-electron chi connectivity index (χ1n) is 12.5. The Morgan fingerprint density at radius 3 is 2.90 bits per heavy atom. The number of furan rings is 1. The molecule has 0 saturated carbocycles. The van der Waals surface area contributed by atoms with Crippen LogP contribution in [0.15, 0.2) is 53.2 Å². The lowest BCUT2D eigenvalue weighted by molar-refractivity contribution is -0.113. The summed E-state index contributed by atoms with van der Waals surface area (Å²) < 4.78 is 33.5. The maximum absolute atomic E-state index is 15.4. The number of hydrogen-bond acceptors (Lipinski definition) is 8. The molecule has 0 atom stereocenters. The number of hydrogen-bond donors (Lipinski definition) is 1. The van der Waals surface area contributed by atoms with Crippen molar-refractivity contribution in [3.63, 3.8) is 0 Å². The summed E-state index contributed by atoms with van der Waals surface area (Å²) in [6, 6.07) is 6.46. The molecular formula is C29H24ClFN4O4S. The van der Waals surface area contributed by atoms with E-state index in [-0.39, 0.29) is 42.0 Å². The third-order valence-electron chi connectivity index (χ3n) is 6.95. The number of carbonyl (C=O) groups is 2. The van der Waals surface area contributed by atoms with Crippen LogP contribution in [0, 0.1) is 5.82 Å². The van der Waals surface area contributed by atoms with Crippen molar-refractivity contribution in [1.82, 2.24) is 13.8 Å². The zero-order valence-electron chi connectivity index (χ0n) is 21.7. The fourth-order valence-corrected chi connectivity index (χ4v) is 6.03. The van der Waals surface area contributed by atoms with E-state index in [1.54, 1.807) is 28.9 Å². The van der Waals surface area contributed by atoms with Gasteiger partial charge in [0.1, 0.15) is 29.5 Å². The van der Waals surface area contributed by atoms with Crippen LogP contribution in [0.5, 0.6) is 0 Å². The molecule has 0 saturated heterocycles. The Hall–Kier alpha value is -3.99. The molecule has 0 amide bonds. The van der Waals surface area contributed by atoms with Gasteiger partial charge in [-0.2, -0.15) is 4.37 Å². The molecule has 8 nitrogen and oxygen atoms in total. The highest BCUT2D eigenvalue weighted by Gasteiger charge is 2.32. The van der Waals surface area contributed by atoms with Crippen molar-refractivity contribution in [3.05, 3.63) is 76.4 Å².